The van der Waals surface area contributed by atoms with Crippen molar-refractivity contribution in [1.29, 1.82) is 0 Å². The third kappa shape index (κ3) is 10.5. The standard InChI is InChI=1S/C36H38N4O8S3/c41-35-10-9-33(36(42)40-35)50-26-6-3-24(4-7-26)2-1-13-45-14-15-46-16-17-47-18-19-48-31-22-29-27(21-34(31)51(43)44)28(11-12-37-29)39-25-5-8-32-30(20-25)38-23-49-32/h3-8,11-12,20-23,33,51H,1-2,9-10,13-19H2,(H,37,39)(H,40,41,42). The van der Waals surface area contributed by atoms with E-state index in [1.54, 1.807) is 41.2 Å². The summed E-state index contributed by atoms with van der Waals surface area (Å²) >= 11 is 3.06. The molecule has 0 spiro atoms. The fourth-order valence-electron chi connectivity index (χ4n) is 5.44. The minimum absolute atomic E-state index is 0.0749. The van der Waals surface area contributed by atoms with Crippen molar-refractivity contribution in [1.82, 2.24) is 15.3 Å². The van der Waals surface area contributed by atoms with Crippen molar-refractivity contribution in [2.24, 2.45) is 0 Å². The number of anilines is 2. The summed E-state index contributed by atoms with van der Waals surface area (Å²) in [5.41, 5.74) is 6.04. The molecule has 0 bridgehead atoms. The van der Waals surface area contributed by atoms with Crippen molar-refractivity contribution in [3.8, 4) is 5.75 Å². The molecule has 0 saturated carbocycles. The van der Waals surface area contributed by atoms with Gasteiger partial charge < -0.3 is 24.3 Å². The van der Waals surface area contributed by atoms with Crippen molar-refractivity contribution in [2.45, 2.75) is 40.7 Å². The second-order valence-corrected chi connectivity index (χ2v) is 14.8. The molecule has 1 unspecified atom stereocenters. The van der Waals surface area contributed by atoms with E-state index in [1.165, 1.54) is 17.3 Å². The van der Waals surface area contributed by atoms with E-state index in [-0.39, 0.29) is 40.9 Å². The van der Waals surface area contributed by atoms with Gasteiger partial charge in [0, 0.05) is 46.9 Å². The topological polar surface area (TPSA) is 155 Å². The summed E-state index contributed by atoms with van der Waals surface area (Å²) < 4.78 is 48.1. The van der Waals surface area contributed by atoms with Gasteiger partial charge in [0.2, 0.25) is 11.8 Å². The molecule has 2 aromatic heterocycles. The lowest BCUT2D eigenvalue weighted by Gasteiger charge is -2.20. The number of piperidine rings is 1. The monoisotopic (exact) mass is 750 g/mol. The number of carbonyl (C=O) groups is 2. The highest BCUT2D eigenvalue weighted by molar-refractivity contribution is 8.00. The molecule has 3 heterocycles. The number of thiol groups is 1. The Morgan fingerprint density at radius 3 is 2.39 bits per heavy atom. The van der Waals surface area contributed by atoms with Gasteiger partial charge in [-0.15, -0.1) is 23.1 Å². The summed E-state index contributed by atoms with van der Waals surface area (Å²) in [5.74, 6) is -0.184. The molecule has 5 aromatic rings. The van der Waals surface area contributed by atoms with Gasteiger partial charge in [-0.05, 0) is 67.3 Å². The number of amides is 2. The average molecular weight is 751 g/mol. The van der Waals surface area contributed by atoms with Crippen LogP contribution in [-0.2, 0) is 40.9 Å². The summed E-state index contributed by atoms with van der Waals surface area (Å²) in [7, 11) is -2.92. The Hall–Kier alpha value is -4.12. The summed E-state index contributed by atoms with van der Waals surface area (Å²) in [5, 5.41) is 6.18. The van der Waals surface area contributed by atoms with E-state index in [1.807, 2.05) is 30.3 Å². The Balaban J connectivity index is 0.837. The van der Waals surface area contributed by atoms with Crippen LogP contribution in [0.25, 0.3) is 21.1 Å². The van der Waals surface area contributed by atoms with E-state index < -0.39 is 10.7 Å². The number of carbonyl (C=O) groups excluding carboxylic acids is 2. The van der Waals surface area contributed by atoms with E-state index in [0.717, 1.165) is 39.3 Å². The van der Waals surface area contributed by atoms with Gasteiger partial charge in [0.1, 0.15) is 17.3 Å². The number of benzene rings is 3. The first kappa shape index (κ1) is 36.7. The Labute approximate surface area is 305 Å². The van der Waals surface area contributed by atoms with Crippen LogP contribution >= 0.6 is 23.1 Å². The van der Waals surface area contributed by atoms with Gasteiger partial charge in [0.15, 0.2) is 10.7 Å². The van der Waals surface area contributed by atoms with Crippen LogP contribution in [-0.4, -0.2) is 81.7 Å². The Morgan fingerprint density at radius 1 is 0.863 bits per heavy atom. The van der Waals surface area contributed by atoms with E-state index in [2.05, 4.69) is 32.7 Å². The minimum Gasteiger partial charge on any atom is -0.490 e. The lowest BCUT2D eigenvalue weighted by molar-refractivity contribution is -0.132. The summed E-state index contributed by atoms with van der Waals surface area (Å²) in [6, 6.07) is 19.1. The molecule has 0 aliphatic carbocycles. The molecule has 0 radical (unpaired) electrons. The second kappa shape index (κ2) is 18.4. The highest BCUT2D eigenvalue weighted by Crippen LogP contribution is 2.33. The summed E-state index contributed by atoms with van der Waals surface area (Å²) in [6.45, 7) is 2.74. The molecule has 1 saturated heterocycles. The van der Waals surface area contributed by atoms with E-state index in [0.29, 0.717) is 56.8 Å². The van der Waals surface area contributed by atoms with Gasteiger partial charge in [-0.1, -0.05) is 12.1 Å². The van der Waals surface area contributed by atoms with Gasteiger partial charge in [-0.3, -0.25) is 19.9 Å². The Kier molecular flexibility index (Phi) is 13.2. The Morgan fingerprint density at radius 2 is 1.63 bits per heavy atom. The lowest BCUT2D eigenvalue weighted by Crippen LogP contribution is -2.42. The summed E-state index contributed by atoms with van der Waals surface area (Å²) in [4.78, 5) is 33.2. The average Bonchev–Trinajstić information content (AvgIpc) is 3.60. The van der Waals surface area contributed by atoms with E-state index in [4.69, 9.17) is 18.9 Å². The number of fused-ring (bicyclic) bond motifs is 2. The summed E-state index contributed by atoms with van der Waals surface area (Å²) in [6.07, 6.45) is 4.37. The highest BCUT2D eigenvalue weighted by atomic mass is 32.2. The third-order valence-electron chi connectivity index (χ3n) is 8.00. The number of nitrogens with one attached hydrogen (secondary N) is 2. The molecular formula is C36H38N4O8S3. The number of ether oxygens (including phenoxy) is 4. The zero-order valence-electron chi connectivity index (χ0n) is 27.7. The molecule has 268 valence electrons. The van der Waals surface area contributed by atoms with Gasteiger partial charge in [-0.2, -0.15) is 0 Å². The Bertz CT molecular complexity index is 2030. The first-order valence-corrected chi connectivity index (χ1v) is 19.5. The normalized spacial score (nSPS) is 14.7. The smallest absolute Gasteiger partial charge is 0.240 e. The van der Waals surface area contributed by atoms with E-state index in [9.17, 15) is 18.0 Å². The van der Waals surface area contributed by atoms with Crippen molar-refractivity contribution < 1.29 is 37.0 Å². The first-order chi connectivity index (χ1) is 24.9. The molecule has 6 rings (SSSR count). The number of hydrogen-bond acceptors (Lipinski definition) is 13. The largest absolute Gasteiger partial charge is 0.490 e. The molecule has 1 atom stereocenters. The number of rotatable bonds is 19. The molecule has 2 amide bonds. The maximum Gasteiger partial charge on any atom is 0.240 e. The maximum absolute atomic E-state index is 12.2. The molecule has 2 N–H and O–H groups in total. The third-order valence-corrected chi connectivity index (χ3v) is 10.8. The SMILES string of the molecule is O=C1CCC(Sc2ccc(CCCOCCOCCOCCOc3cc4nccc(Nc5ccc6scnc6c5)c4cc3[SH](=O)=O)cc2)C(=O)N1. The van der Waals surface area contributed by atoms with Gasteiger partial charge in [0.05, 0.1) is 59.5 Å². The number of aromatic nitrogens is 2. The first-order valence-electron chi connectivity index (χ1n) is 16.6. The molecule has 3 aromatic carbocycles. The van der Waals surface area contributed by atoms with Gasteiger partial charge >= 0.3 is 0 Å². The van der Waals surface area contributed by atoms with Crippen LogP contribution < -0.4 is 15.4 Å². The van der Waals surface area contributed by atoms with Crippen LogP contribution in [0.1, 0.15) is 24.8 Å². The molecule has 51 heavy (non-hydrogen) atoms. The molecule has 1 aliphatic rings. The van der Waals surface area contributed by atoms with E-state index >= 15 is 0 Å². The van der Waals surface area contributed by atoms with Crippen LogP contribution in [0.15, 0.2) is 82.2 Å². The van der Waals surface area contributed by atoms with Gasteiger partial charge in [0.25, 0.3) is 0 Å². The number of hydrogen-bond donors (Lipinski definition) is 3. The number of thiazole rings is 1. The quantitative estimate of drug-likeness (QED) is 0.0553. The second-order valence-electron chi connectivity index (χ2n) is 11.6. The molecule has 1 aliphatic heterocycles. The minimum atomic E-state index is -2.92. The van der Waals surface area contributed by atoms with Crippen molar-refractivity contribution in [2.75, 3.05) is 51.6 Å². The molecular weight excluding hydrogens is 713 g/mol. The number of pyridine rings is 1. The van der Waals surface area contributed by atoms with Crippen molar-refractivity contribution in [3.05, 3.63) is 77.9 Å². The highest BCUT2D eigenvalue weighted by Gasteiger charge is 2.27. The zero-order valence-corrected chi connectivity index (χ0v) is 30.2. The van der Waals surface area contributed by atoms with Crippen LogP contribution in [0.2, 0.25) is 0 Å². The van der Waals surface area contributed by atoms with Gasteiger partial charge in [-0.25, -0.2) is 13.4 Å². The van der Waals surface area contributed by atoms with Crippen LogP contribution in [0.4, 0.5) is 11.4 Å². The number of imide groups is 1. The van der Waals surface area contributed by atoms with Crippen LogP contribution in [0.3, 0.4) is 0 Å². The van der Waals surface area contributed by atoms with Crippen molar-refractivity contribution >= 4 is 78.1 Å². The lowest BCUT2D eigenvalue weighted by atomic mass is 10.1. The fraction of sp³-hybridized carbons (Fsp3) is 0.333. The number of aryl methyl sites for hydroxylation is 1. The molecule has 1 fully saturated rings. The van der Waals surface area contributed by atoms with Crippen LogP contribution in [0, 0.1) is 0 Å². The predicted molar refractivity (Wildman–Crippen MR) is 198 cm³/mol. The van der Waals surface area contributed by atoms with Crippen LogP contribution in [0.5, 0.6) is 5.75 Å². The molecule has 15 heteroatoms. The zero-order chi connectivity index (χ0) is 35.4. The number of thioether (sulfide) groups is 1. The number of nitrogens with zero attached hydrogens (tertiary/aromatic N) is 2. The molecule has 12 nitrogen and oxygen atoms in total. The predicted octanol–water partition coefficient (Wildman–Crippen LogP) is 5.52. The fourth-order valence-corrected chi connectivity index (χ4v) is 7.66. The maximum atomic E-state index is 12.2. The van der Waals surface area contributed by atoms with Crippen molar-refractivity contribution in [3.63, 3.8) is 0 Å².